The zero-order chi connectivity index (χ0) is 15.5. The highest BCUT2D eigenvalue weighted by Crippen LogP contribution is 2.17. The first-order valence-electron chi connectivity index (χ1n) is 5.91. The van der Waals surface area contributed by atoms with E-state index in [-0.39, 0.29) is 11.6 Å². The van der Waals surface area contributed by atoms with Gasteiger partial charge in [0.25, 0.3) is 16.1 Å². The van der Waals surface area contributed by atoms with E-state index in [0.717, 1.165) is 0 Å². The van der Waals surface area contributed by atoms with Crippen molar-refractivity contribution < 1.29 is 13.2 Å². The Kier molecular flexibility index (Phi) is 4.10. The molecule has 0 heterocycles. The average molecular weight is 306 g/mol. The molecule has 0 spiro atoms. The van der Waals surface area contributed by atoms with Gasteiger partial charge in [0.1, 0.15) is 0 Å². The van der Waals surface area contributed by atoms with E-state index in [1.807, 2.05) is 0 Å². The number of hydrogen-bond donors (Lipinski definition) is 4. The molecule has 7 nitrogen and oxygen atoms in total. The maximum atomic E-state index is 12.0. The standard InChI is InChI=1S/C13H14N4O3S/c14-10-4-1-3-9(7-10)13(18)16-11-5-2-6-12(8-11)17-21(15,19)20/h1-8,17H,14H2,(H,16,18)(H2,15,19,20). The molecule has 2 aromatic carbocycles. The Morgan fingerprint density at radius 2 is 1.67 bits per heavy atom. The molecule has 0 saturated carbocycles. The second kappa shape index (κ2) is 5.81. The lowest BCUT2D eigenvalue weighted by molar-refractivity contribution is 0.102. The predicted molar refractivity (Wildman–Crippen MR) is 82.0 cm³/mol. The third kappa shape index (κ3) is 4.48. The molecular formula is C13H14N4O3S. The van der Waals surface area contributed by atoms with Crippen LogP contribution in [-0.2, 0) is 10.2 Å². The lowest BCUT2D eigenvalue weighted by atomic mass is 10.2. The van der Waals surface area contributed by atoms with E-state index in [4.69, 9.17) is 10.9 Å². The van der Waals surface area contributed by atoms with Gasteiger partial charge in [-0.3, -0.25) is 9.52 Å². The van der Waals surface area contributed by atoms with E-state index in [9.17, 15) is 13.2 Å². The van der Waals surface area contributed by atoms with Crippen LogP contribution in [0.4, 0.5) is 17.1 Å². The van der Waals surface area contributed by atoms with Crippen LogP contribution in [0, 0.1) is 0 Å². The first kappa shape index (κ1) is 14.8. The summed E-state index contributed by atoms with van der Waals surface area (Å²) in [5, 5.41) is 7.53. The van der Waals surface area contributed by atoms with Crippen LogP contribution < -0.4 is 20.9 Å². The van der Waals surface area contributed by atoms with Crippen molar-refractivity contribution in [1.29, 1.82) is 0 Å². The van der Waals surface area contributed by atoms with Crippen molar-refractivity contribution in [3.63, 3.8) is 0 Å². The fourth-order valence-corrected chi connectivity index (χ4v) is 2.16. The molecule has 0 aromatic heterocycles. The molecule has 21 heavy (non-hydrogen) atoms. The summed E-state index contributed by atoms with van der Waals surface area (Å²) in [5.74, 6) is -0.352. The molecule has 6 N–H and O–H groups in total. The number of nitrogens with one attached hydrogen (secondary N) is 2. The Hall–Kier alpha value is -2.58. The second-order valence-electron chi connectivity index (χ2n) is 4.31. The van der Waals surface area contributed by atoms with E-state index >= 15 is 0 Å². The molecule has 8 heteroatoms. The number of nitrogens with two attached hydrogens (primary N) is 2. The Morgan fingerprint density at radius 1 is 1.00 bits per heavy atom. The van der Waals surface area contributed by atoms with Crippen molar-refractivity contribution in [2.75, 3.05) is 15.8 Å². The van der Waals surface area contributed by atoms with E-state index in [1.165, 1.54) is 12.1 Å². The van der Waals surface area contributed by atoms with Crippen LogP contribution in [0.5, 0.6) is 0 Å². The van der Waals surface area contributed by atoms with Gasteiger partial charge in [-0.15, -0.1) is 0 Å². The minimum absolute atomic E-state index is 0.253. The normalized spacial score (nSPS) is 10.9. The van der Waals surface area contributed by atoms with Crippen molar-refractivity contribution >= 4 is 33.2 Å². The number of benzene rings is 2. The Labute approximate surface area is 122 Å². The quantitative estimate of drug-likeness (QED) is 0.631. The fourth-order valence-electron chi connectivity index (χ4n) is 1.71. The molecule has 110 valence electrons. The van der Waals surface area contributed by atoms with Crippen molar-refractivity contribution in [1.82, 2.24) is 0 Å². The zero-order valence-electron chi connectivity index (χ0n) is 10.9. The molecule has 2 rings (SSSR count). The topological polar surface area (TPSA) is 127 Å². The van der Waals surface area contributed by atoms with Crippen LogP contribution in [0.2, 0.25) is 0 Å². The van der Waals surface area contributed by atoms with Gasteiger partial charge in [0.15, 0.2) is 0 Å². The highest BCUT2D eigenvalue weighted by atomic mass is 32.2. The van der Waals surface area contributed by atoms with Crippen molar-refractivity contribution in [2.24, 2.45) is 5.14 Å². The smallest absolute Gasteiger partial charge is 0.296 e. The minimum atomic E-state index is -3.86. The molecule has 2 aromatic rings. The maximum Gasteiger partial charge on any atom is 0.296 e. The number of nitrogen functional groups attached to an aromatic ring is 1. The molecule has 0 aliphatic heterocycles. The van der Waals surface area contributed by atoms with Crippen LogP contribution in [0.1, 0.15) is 10.4 Å². The molecule has 0 fully saturated rings. The summed E-state index contributed by atoms with van der Waals surface area (Å²) in [7, 11) is -3.86. The summed E-state index contributed by atoms with van der Waals surface area (Å²) in [6.45, 7) is 0. The predicted octanol–water partition coefficient (Wildman–Crippen LogP) is 1.14. The number of hydrogen-bond acceptors (Lipinski definition) is 4. The van der Waals surface area contributed by atoms with Gasteiger partial charge in [-0.2, -0.15) is 8.42 Å². The second-order valence-corrected chi connectivity index (χ2v) is 5.60. The van der Waals surface area contributed by atoms with E-state index in [1.54, 1.807) is 36.4 Å². The largest absolute Gasteiger partial charge is 0.399 e. The maximum absolute atomic E-state index is 12.0. The summed E-state index contributed by atoms with van der Waals surface area (Å²) in [6, 6.07) is 12.7. The number of carbonyl (C=O) groups excluding carboxylic acids is 1. The summed E-state index contributed by atoms with van der Waals surface area (Å²) in [4.78, 5) is 12.0. The van der Waals surface area contributed by atoms with E-state index in [2.05, 4.69) is 10.0 Å². The first-order valence-corrected chi connectivity index (χ1v) is 7.46. The monoisotopic (exact) mass is 306 g/mol. The van der Waals surface area contributed by atoms with Gasteiger partial charge in [-0.05, 0) is 36.4 Å². The van der Waals surface area contributed by atoms with Crippen molar-refractivity contribution in [2.45, 2.75) is 0 Å². The Bertz CT molecular complexity index is 774. The Morgan fingerprint density at radius 3 is 2.33 bits per heavy atom. The molecule has 0 unspecified atom stereocenters. The van der Waals surface area contributed by atoms with Gasteiger partial charge < -0.3 is 11.1 Å². The third-order valence-corrected chi connectivity index (χ3v) is 3.05. The van der Waals surface area contributed by atoms with Crippen LogP contribution in [-0.4, -0.2) is 14.3 Å². The number of amides is 1. The van der Waals surface area contributed by atoms with Gasteiger partial charge in [-0.1, -0.05) is 12.1 Å². The molecule has 1 amide bonds. The highest BCUT2D eigenvalue weighted by Gasteiger charge is 2.08. The van der Waals surface area contributed by atoms with Gasteiger partial charge in [-0.25, -0.2) is 5.14 Å². The van der Waals surface area contributed by atoms with Crippen LogP contribution >= 0.6 is 0 Å². The van der Waals surface area contributed by atoms with E-state index in [0.29, 0.717) is 16.9 Å². The SMILES string of the molecule is Nc1cccc(C(=O)Nc2cccc(NS(N)(=O)=O)c2)c1. The molecule has 0 bridgehead atoms. The van der Waals surface area contributed by atoms with Crippen molar-refractivity contribution in [3.8, 4) is 0 Å². The van der Waals surface area contributed by atoms with Gasteiger partial charge in [0, 0.05) is 16.9 Å². The van der Waals surface area contributed by atoms with Crippen molar-refractivity contribution in [3.05, 3.63) is 54.1 Å². The molecular weight excluding hydrogens is 292 g/mol. The fraction of sp³-hybridized carbons (Fsp3) is 0. The third-order valence-electron chi connectivity index (χ3n) is 2.53. The molecule has 0 aliphatic carbocycles. The molecule has 0 aliphatic rings. The number of carbonyl (C=O) groups is 1. The molecule has 0 radical (unpaired) electrons. The molecule has 0 saturated heterocycles. The summed E-state index contributed by atoms with van der Waals surface area (Å²) in [5.41, 5.74) is 7.17. The van der Waals surface area contributed by atoms with Gasteiger partial charge >= 0.3 is 0 Å². The lowest BCUT2D eigenvalue weighted by Gasteiger charge is -2.08. The number of anilines is 3. The van der Waals surface area contributed by atoms with Gasteiger partial charge in [0.2, 0.25) is 0 Å². The Balaban J connectivity index is 2.16. The molecule has 0 atom stereocenters. The number of rotatable bonds is 4. The summed E-state index contributed by atoms with van der Waals surface area (Å²) < 4.78 is 24.0. The summed E-state index contributed by atoms with van der Waals surface area (Å²) >= 11 is 0. The van der Waals surface area contributed by atoms with Crippen LogP contribution in [0.15, 0.2) is 48.5 Å². The average Bonchev–Trinajstić information content (AvgIpc) is 2.37. The summed E-state index contributed by atoms with van der Waals surface area (Å²) in [6.07, 6.45) is 0. The van der Waals surface area contributed by atoms with E-state index < -0.39 is 10.2 Å². The minimum Gasteiger partial charge on any atom is -0.399 e. The van der Waals surface area contributed by atoms with Crippen LogP contribution in [0.3, 0.4) is 0 Å². The van der Waals surface area contributed by atoms with Gasteiger partial charge in [0.05, 0.1) is 5.69 Å². The lowest BCUT2D eigenvalue weighted by Crippen LogP contribution is -2.21. The van der Waals surface area contributed by atoms with Crippen LogP contribution in [0.25, 0.3) is 0 Å². The highest BCUT2D eigenvalue weighted by molar-refractivity contribution is 7.90. The first-order chi connectivity index (χ1) is 9.83. The zero-order valence-corrected chi connectivity index (χ0v) is 11.7.